The van der Waals surface area contributed by atoms with Crippen LogP contribution in [0.25, 0.3) is 0 Å². The van der Waals surface area contributed by atoms with Crippen LogP contribution >= 0.6 is 0 Å². The molecule has 0 spiro atoms. The Bertz CT molecular complexity index is 340. The van der Waals surface area contributed by atoms with E-state index in [1.165, 1.54) is 11.1 Å². The van der Waals surface area contributed by atoms with Gasteiger partial charge in [0.05, 0.1) is 6.10 Å². The summed E-state index contributed by atoms with van der Waals surface area (Å²) in [5, 5.41) is 12.7. The van der Waals surface area contributed by atoms with Gasteiger partial charge >= 0.3 is 0 Å². The molecule has 0 bridgehead atoms. The molecule has 3 heteroatoms. The molecule has 1 aromatic carbocycles. The first-order chi connectivity index (χ1) is 7.79. The predicted molar refractivity (Wildman–Crippen MR) is 65.4 cm³/mol. The van der Waals surface area contributed by atoms with Gasteiger partial charge in [-0.1, -0.05) is 24.3 Å². The highest BCUT2D eigenvalue weighted by Gasteiger charge is 2.17. The number of nitrogens with zero attached hydrogens (tertiary/aromatic N) is 1. The fraction of sp³-hybridized carbons (Fsp3) is 0.538. The number of rotatable bonds is 4. The van der Waals surface area contributed by atoms with Crippen LogP contribution in [0.15, 0.2) is 24.3 Å². The number of aliphatic hydroxyl groups excluding tert-OH is 1. The molecule has 0 saturated carbocycles. The van der Waals surface area contributed by atoms with Crippen molar-refractivity contribution in [2.24, 2.45) is 0 Å². The van der Waals surface area contributed by atoms with Crippen LogP contribution in [-0.4, -0.2) is 42.8 Å². The summed E-state index contributed by atoms with van der Waals surface area (Å²) in [4.78, 5) is 2.32. The zero-order valence-electron chi connectivity index (χ0n) is 9.82. The molecular weight excluding hydrogens is 200 g/mol. The van der Waals surface area contributed by atoms with Gasteiger partial charge in [-0.15, -0.1) is 0 Å². The fourth-order valence-corrected chi connectivity index (χ4v) is 2.31. The summed E-state index contributed by atoms with van der Waals surface area (Å²) in [7, 11) is 1.87. The summed E-state index contributed by atoms with van der Waals surface area (Å²) >= 11 is 0. The van der Waals surface area contributed by atoms with Gasteiger partial charge in [0, 0.05) is 26.2 Å². The molecule has 2 rings (SSSR count). The summed E-state index contributed by atoms with van der Waals surface area (Å²) in [5.41, 5.74) is 2.87. The van der Waals surface area contributed by atoms with Crippen molar-refractivity contribution in [1.29, 1.82) is 0 Å². The molecule has 0 aliphatic carbocycles. The van der Waals surface area contributed by atoms with Crippen LogP contribution in [-0.2, 0) is 13.0 Å². The fourth-order valence-electron chi connectivity index (χ4n) is 2.31. The Hall–Kier alpha value is -0.900. The number of nitrogens with one attached hydrogen (secondary N) is 1. The van der Waals surface area contributed by atoms with E-state index in [0.717, 1.165) is 26.1 Å². The molecule has 0 fully saturated rings. The van der Waals surface area contributed by atoms with Crippen molar-refractivity contribution in [3.8, 4) is 0 Å². The minimum absolute atomic E-state index is 0.268. The van der Waals surface area contributed by atoms with Crippen molar-refractivity contribution >= 4 is 0 Å². The van der Waals surface area contributed by atoms with Crippen molar-refractivity contribution in [3.05, 3.63) is 35.4 Å². The highest BCUT2D eigenvalue weighted by molar-refractivity contribution is 5.29. The lowest BCUT2D eigenvalue weighted by atomic mass is 10.00. The zero-order chi connectivity index (χ0) is 11.4. The van der Waals surface area contributed by atoms with E-state index < -0.39 is 0 Å². The molecule has 1 atom stereocenters. The molecule has 1 aliphatic heterocycles. The SMILES string of the molecule is CNC[C@@H](O)CN1CCc2ccccc2C1. The molecule has 1 heterocycles. The quantitative estimate of drug-likeness (QED) is 0.781. The maximum atomic E-state index is 9.75. The van der Waals surface area contributed by atoms with Gasteiger partial charge in [0.2, 0.25) is 0 Å². The van der Waals surface area contributed by atoms with E-state index in [-0.39, 0.29) is 6.10 Å². The van der Waals surface area contributed by atoms with Gasteiger partial charge < -0.3 is 10.4 Å². The molecule has 0 unspecified atom stereocenters. The molecular formula is C13H20N2O. The van der Waals surface area contributed by atoms with Crippen molar-refractivity contribution in [2.75, 3.05) is 26.7 Å². The highest BCUT2D eigenvalue weighted by Crippen LogP contribution is 2.18. The monoisotopic (exact) mass is 220 g/mol. The predicted octanol–water partition coefficient (Wildman–Crippen LogP) is 0.625. The standard InChI is InChI=1S/C13H20N2O/c1-14-8-13(16)10-15-7-6-11-4-2-3-5-12(11)9-15/h2-5,13-14,16H,6-10H2,1H3/t13-/m1/s1. The Balaban J connectivity index is 1.92. The van der Waals surface area contributed by atoms with Crippen molar-refractivity contribution in [3.63, 3.8) is 0 Å². The van der Waals surface area contributed by atoms with Crippen LogP contribution in [0.3, 0.4) is 0 Å². The third-order valence-corrected chi connectivity index (χ3v) is 3.12. The number of fused-ring (bicyclic) bond motifs is 1. The van der Waals surface area contributed by atoms with Crippen molar-refractivity contribution in [1.82, 2.24) is 10.2 Å². The molecule has 1 aromatic rings. The van der Waals surface area contributed by atoms with Crippen LogP contribution in [0.1, 0.15) is 11.1 Å². The van der Waals surface area contributed by atoms with Crippen LogP contribution in [0.4, 0.5) is 0 Å². The van der Waals surface area contributed by atoms with Gasteiger partial charge in [0.1, 0.15) is 0 Å². The Morgan fingerprint density at radius 3 is 2.88 bits per heavy atom. The number of aliphatic hydroxyl groups is 1. The van der Waals surface area contributed by atoms with E-state index in [1.807, 2.05) is 7.05 Å². The van der Waals surface area contributed by atoms with E-state index in [2.05, 4.69) is 34.5 Å². The topological polar surface area (TPSA) is 35.5 Å². The van der Waals surface area contributed by atoms with Crippen molar-refractivity contribution < 1.29 is 5.11 Å². The van der Waals surface area contributed by atoms with Gasteiger partial charge in [-0.2, -0.15) is 0 Å². The van der Waals surface area contributed by atoms with Crippen molar-refractivity contribution in [2.45, 2.75) is 19.1 Å². The van der Waals surface area contributed by atoms with E-state index in [9.17, 15) is 5.11 Å². The summed E-state index contributed by atoms with van der Waals surface area (Å²) in [5.74, 6) is 0. The molecule has 0 amide bonds. The van der Waals surface area contributed by atoms with Crippen LogP contribution in [0.5, 0.6) is 0 Å². The summed E-state index contributed by atoms with van der Waals surface area (Å²) in [6.45, 7) is 3.45. The van der Waals surface area contributed by atoms with E-state index in [4.69, 9.17) is 0 Å². The Labute approximate surface area is 97.1 Å². The van der Waals surface area contributed by atoms with Gasteiger partial charge in [0.15, 0.2) is 0 Å². The first-order valence-electron chi connectivity index (χ1n) is 5.91. The van der Waals surface area contributed by atoms with Crippen LogP contribution < -0.4 is 5.32 Å². The minimum atomic E-state index is -0.268. The van der Waals surface area contributed by atoms with E-state index in [1.54, 1.807) is 0 Å². The second kappa shape index (κ2) is 5.43. The second-order valence-electron chi connectivity index (χ2n) is 4.47. The highest BCUT2D eigenvalue weighted by atomic mass is 16.3. The Morgan fingerprint density at radius 1 is 1.38 bits per heavy atom. The number of β-amino-alcohol motifs (C(OH)–C–C–N with tert-alkyl or cyclic N) is 1. The van der Waals surface area contributed by atoms with Gasteiger partial charge in [-0.05, 0) is 24.6 Å². The molecule has 0 radical (unpaired) electrons. The molecule has 0 saturated heterocycles. The third kappa shape index (κ3) is 2.82. The lowest BCUT2D eigenvalue weighted by Crippen LogP contribution is -2.40. The summed E-state index contributed by atoms with van der Waals surface area (Å²) in [6.07, 6.45) is 0.831. The minimum Gasteiger partial charge on any atom is -0.390 e. The lowest BCUT2D eigenvalue weighted by Gasteiger charge is -2.30. The van der Waals surface area contributed by atoms with E-state index >= 15 is 0 Å². The molecule has 0 aromatic heterocycles. The third-order valence-electron chi connectivity index (χ3n) is 3.12. The summed E-state index contributed by atoms with van der Waals surface area (Å²) < 4.78 is 0. The van der Waals surface area contributed by atoms with Crippen LogP contribution in [0.2, 0.25) is 0 Å². The first-order valence-corrected chi connectivity index (χ1v) is 5.91. The number of hydrogen-bond acceptors (Lipinski definition) is 3. The van der Waals surface area contributed by atoms with E-state index in [0.29, 0.717) is 6.54 Å². The molecule has 88 valence electrons. The number of benzene rings is 1. The first kappa shape index (κ1) is 11.6. The number of hydrogen-bond donors (Lipinski definition) is 2. The average molecular weight is 220 g/mol. The number of likely N-dealkylation sites (N-methyl/N-ethyl adjacent to an activating group) is 1. The largest absolute Gasteiger partial charge is 0.390 e. The molecule has 2 N–H and O–H groups in total. The smallest absolute Gasteiger partial charge is 0.0791 e. The molecule has 1 aliphatic rings. The van der Waals surface area contributed by atoms with Crippen LogP contribution in [0, 0.1) is 0 Å². The van der Waals surface area contributed by atoms with Gasteiger partial charge in [0.25, 0.3) is 0 Å². The maximum Gasteiger partial charge on any atom is 0.0791 e. The second-order valence-corrected chi connectivity index (χ2v) is 4.47. The zero-order valence-corrected chi connectivity index (χ0v) is 9.82. The summed E-state index contributed by atoms with van der Waals surface area (Å²) in [6, 6.07) is 8.58. The normalized spacial score (nSPS) is 18.1. The van der Waals surface area contributed by atoms with Gasteiger partial charge in [-0.3, -0.25) is 4.90 Å². The van der Waals surface area contributed by atoms with Gasteiger partial charge in [-0.25, -0.2) is 0 Å². The maximum absolute atomic E-state index is 9.75. The molecule has 3 nitrogen and oxygen atoms in total. The average Bonchev–Trinajstić information content (AvgIpc) is 2.29. The lowest BCUT2D eigenvalue weighted by molar-refractivity contribution is 0.106. The molecule has 16 heavy (non-hydrogen) atoms. The Morgan fingerprint density at radius 2 is 2.12 bits per heavy atom. The Kier molecular flexibility index (Phi) is 3.93.